The van der Waals surface area contributed by atoms with Gasteiger partial charge in [-0.05, 0) is 12.1 Å². The maximum atomic E-state index is 10.5. The van der Waals surface area contributed by atoms with Gasteiger partial charge in [-0.3, -0.25) is 0 Å². The van der Waals surface area contributed by atoms with Gasteiger partial charge in [0.2, 0.25) is 0 Å². The molecular weight excluding hydrogens is 244 g/mol. The average Bonchev–Trinajstić information content (AvgIpc) is 2.28. The lowest BCUT2D eigenvalue weighted by molar-refractivity contribution is -0.445. The lowest BCUT2D eigenvalue weighted by Crippen LogP contribution is -2.08. The summed E-state index contributed by atoms with van der Waals surface area (Å²) in [6.07, 6.45) is 0. The number of anilines is 1. The number of hydrogen-bond acceptors (Lipinski definition) is 3. The Hall–Kier alpha value is -2.01. The Morgan fingerprint density at radius 3 is 2.71 bits per heavy atom. The largest absolute Gasteiger partial charge is 0.495 e. The van der Waals surface area contributed by atoms with E-state index in [1.165, 1.54) is 7.11 Å². The van der Waals surface area contributed by atoms with Crippen molar-refractivity contribution in [3.63, 3.8) is 0 Å². The Morgan fingerprint density at radius 2 is 2.06 bits per heavy atom. The van der Waals surface area contributed by atoms with E-state index in [0.717, 1.165) is 5.39 Å². The molecular formula is C11H9ClN2O3. The average molecular weight is 253 g/mol. The zero-order chi connectivity index (χ0) is 12.4. The van der Waals surface area contributed by atoms with Crippen LogP contribution in [0.25, 0.3) is 10.8 Å². The van der Waals surface area contributed by atoms with E-state index in [2.05, 4.69) is 5.43 Å². The highest BCUT2D eigenvalue weighted by molar-refractivity contribution is 6.33. The third kappa shape index (κ3) is 2.09. The van der Waals surface area contributed by atoms with Crippen LogP contribution in [0.15, 0.2) is 30.3 Å². The summed E-state index contributed by atoms with van der Waals surface area (Å²) in [5, 5.41) is 11.8. The molecule has 0 heterocycles. The first-order valence-corrected chi connectivity index (χ1v) is 5.17. The fourth-order valence-electron chi connectivity index (χ4n) is 1.71. The van der Waals surface area contributed by atoms with Crippen LogP contribution in [0.1, 0.15) is 0 Å². The lowest BCUT2D eigenvalue weighted by atomic mass is 10.1. The van der Waals surface area contributed by atoms with Crippen LogP contribution in [0.3, 0.4) is 0 Å². The van der Waals surface area contributed by atoms with Crippen LogP contribution in [0.2, 0.25) is 5.02 Å². The minimum atomic E-state index is -0.601. The number of ether oxygens (including phenoxy) is 1. The van der Waals surface area contributed by atoms with Crippen LogP contribution in [0, 0.1) is 10.1 Å². The van der Waals surface area contributed by atoms with E-state index < -0.39 is 5.03 Å². The van der Waals surface area contributed by atoms with Gasteiger partial charge in [0.1, 0.15) is 11.4 Å². The molecule has 2 rings (SSSR count). The minimum Gasteiger partial charge on any atom is -0.495 e. The number of rotatable bonds is 3. The molecule has 0 radical (unpaired) electrons. The standard InChI is InChI=1S/C11H9ClN2O3/c1-17-11-8-3-2-4-10(13-14(15)16)7(8)5-6-9(11)12/h2-6,13H,1H3. The highest BCUT2D eigenvalue weighted by atomic mass is 35.5. The molecule has 0 aliphatic heterocycles. The third-order valence-electron chi connectivity index (χ3n) is 2.38. The summed E-state index contributed by atoms with van der Waals surface area (Å²) in [4.78, 5) is 10.5. The fraction of sp³-hybridized carbons (Fsp3) is 0.0909. The van der Waals surface area contributed by atoms with Gasteiger partial charge in [0.15, 0.2) is 5.03 Å². The minimum absolute atomic E-state index is 0.405. The van der Waals surface area contributed by atoms with E-state index in [0.29, 0.717) is 21.8 Å². The van der Waals surface area contributed by atoms with Crippen molar-refractivity contribution in [3.05, 3.63) is 45.5 Å². The summed E-state index contributed by atoms with van der Waals surface area (Å²) in [7, 11) is 1.51. The van der Waals surface area contributed by atoms with Crippen molar-refractivity contribution in [3.8, 4) is 5.75 Å². The monoisotopic (exact) mass is 252 g/mol. The second kappa shape index (κ2) is 4.47. The molecule has 2 aromatic rings. The number of fused-ring (bicyclic) bond motifs is 1. The number of halogens is 1. The molecule has 0 saturated carbocycles. The van der Waals surface area contributed by atoms with Crippen LogP contribution in [0.5, 0.6) is 5.75 Å². The van der Waals surface area contributed by atoms with Crippen molar-refractivity contribution >= 4 is 28.1 Å². The number of hydrogen-bond donors (Lipinski definition) is 1. The molecule has 0 saturated heterocycles. The summed E-state index contributed by atoms with van der Waals surface area (Å²) < 4.78 is 5.19. The fourth-order valence-corrected chi connectivity index (χ4v) is 1.95. The maximum Gasteiger partial charge on any atom is 0.162 e. The van der Waals surface area contributed by atoms with E-state index in [9.17, 15) is 10.1 Å². The molecule has 0 aromatic heterocycles. The number of nitro groups is 1. The van der Waals surface area contributed by atoms with Crippen LogP contribution in [-0.2, 0) is 0 Å². The van der Waals surface area contributed by atoms with Gasteiger partial charge in [0.05, 0.1) is 12.1 Å². The molecule has 17 heavy (non-hydrogen) atoms. The third-order valence-corrected chi connectivity index (χ3v) is 2.68. The molecule has 1 N–H and O–H groups in total. The number of nitrogens with zero attached hydrogens (tertiary/aromatic N) is 1. The number of methoxy groups -OCH3 is 1. The van der Waals surface area contributed by atoms with E-state index in [-0.39, 0.29) is 0 Å². The Balaban J connectivity index is 2.69. The SMILES string of the molecule is COc1c(Cl)ccc2c(N[N+](=O)[O-])cccc12. The first-order chi connectivity index (χ1) is 8.13. The lowest BCUT2D eigenvalue weighted by Gasteiger charge is -2.09. The van der Waals surface area contributed by atoms with Gasteiger partial charge in [-0.25, -0.2) is 10.1 Å². The van der Waals surface area contributed by atoms with Gasteiger partial charge < -0.3 is 4.74 Å². The zero-order valence-electron chi connectivity index (χ0n) is 8.94. The second-order valence-electron chi connectivity index (χ2n) is 3.35. The zero-order valence-corrected chi connectivity index (χ0v) is 9.69. The quantitative estimate of drug-likeness (QED) is 0.673. The predicted octanol–water partition coefficient (Wildman–Crippen LogP) is 3.11. The highest BCUT2D eigenvalue weighted by Crippen LogP contribution is 2.36. The van der Waals surface area contributed by atoms with Gasteiger partial charge in [-0.15, -0.1) is 5.43 Å². The van der Waals surface area contributed by atoms with Crippen molar-refractivity contribution in [2.75, 3.05) is 12.5 Å². The molecule has 5 nitrogen and oxygen atoms in total. The van der Waals surface area contributed by atoms with Crippen LogP contribution in [0.4, 0.5) is 5.69 Å². The van der Waals surface area contributed by atoms with Gasteiger partial charge in [-0.1, -0.05) is 29.8 Å². The normalized spacial score (nSPS) is 10.2. The maximum absolute atomic E-state index is 10.5. The van der Waals surface area contributed by atoms with Gasteiger partial charge in [0, 0.05) is 10.8 Å². The van der Waals surface area contributed by atoms with Crippen LogP contribution >= 0.6 is 11.6 Å². The van der Waals surface area contributed by atoms with Crippen molar-refractivity contribution in [2.45, 2.75) is 0 Å². The first kappa shape index (κ1) is 11.5. The van der Waals surface area contributed by atoms with Crippen molar-refractivity contribution in [1.82, 2.24) is 0 Å². The number of nitrogens with one attached hydrogen (secondary N) is 1. The highest BCUT2D eigenvalue weighted by Gasteiger charge is 2.11. The number of benzene rings is 2. The molecule has 0 aliphatic carbocycles. The molecule has 0 bridgehead atoms. The summed E-state index contributed by atoms with van der Waals surface area (Å²) in [6, 6.07) is 8.48. The van der Waals surface area contributed by atoms with Gasteiger partial charge >= 0.3 is 0 Å². The summed E-state index contributed by atoms with van der Waals surface area (Å²) in [5.41, 5.74) is 2.55. The molecule has 0 unspecified atom stereocenters. The van der Waals surface area contributed by atoms with Crippen LogP contribution < -0.4 is 10.2 Å². The molecule has 0 fully saturated rings. The van der Waals surface area contributed by atoms with Crippen molar-refractivity contribution in [1.29, 1.82) is 0 Å². The van der Waals surface area contributed by atoms with E-state index >= 15 is 0 Å². The summed E-state index contributed by atoms with van der Waals surface area (Å²) in [5.74, 6) is 0.510. The topological polar surface area (TPSA) is 64.4 Å². The molecule has 0 amide bonds. The van der Waals surface area contributed by atoms with Gasteiger partial charge in [-0.2, -0.15) is 0 Å². The molecule has 6 heteroatoms. The van der Waals surface area contributed by atoms with Crippen molar-refractivity contribution < 1.29 is 9.77 Å². The summed E-state index contributed by atoms with van der Waals surface area (Å²) >= 11 is 5.98. The molecule has 2 aromatic carbocycles. The Bertz CT molecular complexity index is 586. The Morgan fingerprint density at radius 1 is 1.29 bits per heavy atom. The molecule has 0 aliphatic rings. The Kier molecular flexibility index (Phi) is 3.01. The van der Waals surface area contributed by atoms with E-state index in [4.69, 9.17) is 16.3 Å². The molecule has 0 spiro atoms. The van der Waals surface area contributed by atoms with Crippen molar-refractivity contribution in [2.24, 2.45) is 0 Å². The molecule has 88 valence electrons. The van der Waals surface area contributed by atoms with E-state index in [1.807, 2.05) is 0 Å². The first-order valence-electron chi connectivity index (χ1n) is 4.79. The second-order valence-corrected chi connectivity index (χ2v) is 3.76. The number of hydrazine groups is 1. The van der Waals surface area contributed by atoms with E-state index in [1.54, 1.807) is 30.3 Å². The Labute approximate surface area is 102 Å². The molecule has 0 atom stereocenters. The van der Waals surface area contributed by atoms with Gasteiger partial charge in [0.25, 0.3) is 0 Å². The smallest absolute Gasteiger partial charge is 0.162 e. The predicted molar refractivity (Wildman–Crippen MR) is 66.1 cm³/mol. The van der Waals surface area contributed by atoms with Crippen LogP contribution in [-0.4, -0.2) is 12.1 Å². The summed E-state index contributed by atoms with van der Waals surface area (Å²) in [6.45, 7) is 0.